The fourth-order valence-electron chi connectivity index (χ4n) is 2.09. The van der Waals surface area contributed by atoms with E-state index in [0.717, 1.165) is 11.1 Å². The van der Waals surface area contributed by atoms with E-state index in [-0.39, 0.29) is 17.9 Å². The Hall–Kier alpha value is -2.46. The molecule has 0 aliphatic carbocycles. The van der Waals surface area contributed by atoms with Gasteiger partial charge in [0.2, 0.25) is 0 Å². The number of nitrogens with zero attached hydrogens (tertiary/aromatic N) is 1. The largest absolute Gasteiger partial charge is 0.360 e. The first-order chi connectivity index (χ1) is 9.74. The van der Waals surface area contributed by atoms with E-state index < -0.39 is 4.92 Å². The second-order valence-electron chi connectivity index (χ2n) is 4.64. The highest BCUT2D eigenvalue weighted by Gasteiger charge is 2.37. The molecule has 20 heavy (non-hydrogen) atoms. The molecule has 2 atom stereocenters. The highest BCUT2D eigenvalue weighted by atomic mass is 16.6. The summed E-state index contributed by atoms with van der Waals surface area (Å²) in [5.74, 6) is 0. The van der Waals surface area contributed by atoms with Gasteiger partial charge in [0.1, 0.15) is 12.2 Å². The minimum absolute atomic E-state index is 0.00997. The fourth-order valence-corrected chi connectivity index (χ4v) is 2.09. The van der Waals surface area contributed by atoms with E-state index in [1.807, 2.05) is 42.5 Å². The van der Waals surface area contributed by atoms with Gasteiger partial charge in [-0.1, -0.05) is 42.5 Å². The van der Waals surface area contributed by atoms with Crippen LogP contribution in [0.3, 0.4) is 0 Å². The summed E-state index contributed by atoms with van der Waals surface area (Å²) in [4.78, 5) is 10.2. The molecule has 1 fully saturated rings. The van der Waals surface area contributed by atoms with Crippen molar-refractivity contribution in [2.24, 2.45) is 0 Å². The van der Waals surface area contributed by atoms with Crippen LogP contribution in [0.25, 0.3) is 6.08 Å². The van der Waals surface area contributed by atoms with Crippen LogP contribution in [0, 0.1) is 10.1 Å². The van der Waals surface area contributed by atoms with Crippen LogP contribution in [0.1, 0.15) is 17.2 Å². The maximum atomic E-state index is 10.6. The van der Waals surface area contributed by atoms with Crippen LogP contribution in [0.15, 0.2) is 60.7 Å². The third-order valence-corrected chi connectivity index (χ3v) is 3.24. The number of epoxide rings is 1. The molecule has 100 valence electrons. The molecule has 4 heteroatoms. The number of non-ortho nitro benzene ring substituents is 1. The lowest BCUT2D eigenvalue weighted by molar-refractivity contribution is -0.384. The van der Waals surface area contributed by atoms with E-state index >= 15 is 0 Å². The maximum absolute atomic E-state index is 10.6. The smallest absolute Gasteiger partial charge is 0.269 e. The lowest BCUT2D eigenvalue weighted by Gasteiger charge is -1.95. The Balaban J connectivity index is 1.64. The summed E-state index contributed by atoms with van der Waals surface area (Å²) >= 11 is 0. The molecular weight excluding hydrogens is 254 g/mol. The average molecular weight is 267 g/mol. The van der Waals surface area contributed by atoms with E-state index in [9.17, 15) is 10.1 Å². The lowest BCUT2D eigenvalue weighted by atomic mass is 10.1. The molecule has 0 saturated carbocycles. The Morgan fingerprint density at radius 3 is 2.40 bits per heavy atom. The maximum Gasteiger partial charge on any atom is 0.269 e. The number of nitro benzene ring substituents is 1. The summed E-state index contributed by atoms with van der Waals surface area (Å²) in [6.45, 7) is 0. The van der Waals surface area contributed by atoms with Crippen LogP contribution in [-0.4, -0.2) is 11.0 Å². The summed E-state index contributed by atoms with van der Waals surface area (Å²) in [7, 11) is 0. The van der Waals surface area contributed by atoms with Crippen molar-refractivity contribution < 1.29 is 9.66 Å². The molecule has 1 aliphatic heterocycles. The molecule has 2 aromatic carbocycles. The van der Waals surface area contributed by atoms with Gasteiger partial charge >= 0.3 is 0 Å². The topological polar surface area (TPSA) is 55.7 Å². The number of hydrogen-bond acceptors (Lipinski definition) is 3. The molecule has 0 aromatic heterocycles. The molecule has 1 aliphatic rings. The van der Waals surface area contributed by atoms with Gasteiger partial charge in [0.15, 0.2) is 0 Å². The summed E-state index contributed by atoms with van der Waals surface area (Å²) in [6, 6.07) is 16.5. The lowest BCUT2D eigenvalue weighted by Crippen LogP contribution is -1.89. The first-order valence-electron chi connectivity index (χ1n) is 6.37. The van der Waals surface area contributed by atoms with E-state index in [1.165, 1.54) is 12.1 Å². The highest BCUT2D eigenvalue weighted by Crippen LogP contribution is 2.40. The monoisotopic (exact) mass is 267 g/mol. The van der Waals surface area contributed by atoms with E-state index in [1.54, 1.807) is 12.1 Å². The van der Waals surface area contributed by atoms with E-state index in [2.05, 4.69) is 0 Å². The highest BCUT2D eigenvalue weighted by molar-refractivity contribution is 5.50. The zero-order chi connectivity index (χ0) is 13.9. The van der Waals surface area contributed by atoms with E-state index in [4.69, 9.17) is 4.74 Å². The second-order valence-corrected chi connectivity index (χ2v) is 4.64. The van der Waals surface area contributed by atoms with Gasteiger partial charge in [0.25, 0.3) is 5.69 Å². The van der Waals surface area contributed by atoms with Crippen molar-refractivity contribution in [1.29, 1.82) is 0 Å². The van der Waals surface area contributed by atoms with Gasteiger partial charge in [-0.05, 0) is 23.3 Å². The Bertz CT molecular complexity index is 635. The number of nitro groups is 1. The summed E-state index contributed by atoms with van der Waals surface area (Å²) in [5, 5.41) is 10.6. The summed E-state index contributed by atoms with van der Waals surface area (Å²) in [5.41, 5.74) is 2.20. The Kier molecular flexibility index (Phi) is 3.31. The first kappa shape index (κ1) is 12.6. The van der Waals surface area contributed by atoms with Crippen LogP contribution in [0.5, 0.6) is 0 Å². The van der Waals surface area contributed by atoms with Gasteiger partial charge in [0.05, 0.1) is 4.92 Å². The zero-order valence-electron chi connectivity index (χ0n) is 10.7. The number of ether oxygens (including phenoxy) is 1. The summed E-state index contributed by atoms with van der Waals surface area (Å²) < 4.78 is 5.57. The molecule has 2 aromatic rings. The van der Waals surface area contributed by atoms with Gasteiger partial charge < -0.3 is 4.74 Å². The number of hydrogen-bond donors (Lipinski definition) is 0. The predicted molar refractivity (Wildman–Crippen MR) is 76.2 cm³/mol. The average Bonchev–Trinajstić information content (AvgIpc) is 3.26. The molecule has 0 radical (unpaired) electrons. The summed E-state index contributed by atoms with van der Waals surface area (Å²) in [6.07, 6.45) is 4.10. The Morgan fingerprint density at radius 2 is 1.75 bits per heavy atom. The third kappa shape index (κ3) is 2.75. The molecule has 0 N–H and O–H groups in total. The van der Waals surface area contributed by atoms with Gasteiger partial charge in [-0.2, -0.15) is 0 Å². The first-order valence-corrected chi connectivity index (χ1v) is 6.37. The van der Waals surface area contributed by atoms with Crippen molar-refractivity contribution in [2.75, 3.05) is 0 Å². The molecule has 1 saturated heterocycles. The normalized spacial score (nSPS) is 21.0. The third-order valence-electron chi connectivity index (χ3n) is 3.24. The minimum Gasteiger partial charge on any atom is -0.360 e. The van der Waals surface area contributed by atoms with Crippen LogP contribution in [-0.2, 0) is 4.74 Å². The molecule has 0 amide bonds. The van der Waals surface area contributed by atoms with Crippen molar-refractivity contribution in [3.05, 3.63) is 81.9 Å². The van der Waals surface area contributed by atoms with Crippen molar-refractivity contribution in [1.82, 2.24) is 0 Å². The van der Waals surface area contributed by atoms with Crippen molar-refractivity contribution in [2.45, 2.75) is 12.2 Å². The molecular formula is C16H13NO3. The fraction of sp³-hybridized carbons (Fsp3) is 0.125. The molecule has 0 spiro atoms. The predicted octanol–water partition coefficient (Wildman–Crippen LogP) is 3.75. The van der Waals surface area contributed by atoms with Gasteiger partial charge in [-0.15, -0.1) is 0 Å². The van der Waals surface area contributed by atoms with Gasteiger partial charge in [-0.3, -0.25) is 10.1 Å². The standard InChI is InChI=1S/C16H13NO3/c18-17(19)14-9-7-13(8-10-14)16-15(20-16)11-6-12-4-2-1-3-5-12/h1-11,15-16H/b11-6-/t15-,16+/m0/s1. The number of rotatable bonds is 4. The zero-order valence-corrected chi connectivity index (χ0v) is 10.7. The molecule has 3 rings (SSSR count). The Labute approximate surface area is 116 Å². The number of benzene rings is 2. The van der Waals surface area contributed by atoms with Crippen LogP contribution >= 0.6 is 0 Å². The Morgan fingerprint density at radius 1 is 1.05 bits per heavy atom. The second kappa shape index (κ2) is 5.27. The van der Waals surface area contributed by atoms with Crippen molar-refractivity contribution in [3.8, 4) is 0 Å². The van der Waals surface area contributed by atoms with Crippen LogP contribution in [0.4, 0.5) is 5.69 Å². The molecule has 0 unspecified atom stereocenters. The van der Waals surface area contributed by atoms with E-state index in [0.29, 0.717) is 0 Å². The minimum atomic E-state index is -0.398. The SMILES string of the molecule is O=[N+]([O-])c1ccc([C@H]2O[C@H]2/C=C\c2ccccc2)cc1. The van der Waals surface area contributed by atoms with Gasteiger partial charge in [-0.25, -0.2) is 0 Å². The molecule has 4 nitrogen and oxygen atoms in total. The molecule has 0 bridgehead atoms. The van der Waals surface area contributed by atoms with Gasteiger partial charge in [0, 0.05) is 12.1 Å². The quantitative estimate of drug-likeness (QED) is 0.481. The van der Waals surface area contributed by atoms with Crippen LogP contribution in [0.2, 0.25) is 0 Å². The van der Waals surface area contributed by atoms with Crippen molar-refractivity contribution >= 4 is 11.8 Å². The van der Waals surface area contributed by atoms with Crippen molar-refractivity contribution in [3.63, 3.8) is 0 Å². The van der Waals surface area contributed by atoms with Crippen LogP contribution < -0.4 is 0 Å². The molecule has 1 heterocycles.